The van der Waals surface area contributed by atoms with Crippen LogP contribution in [0.5, 0.6) is 0 Å². The zero-order chi connectivity index (χ0) is 32.7. The van der Waals surface area contributed by atoms with Crippen molar-refractivity contribution in [3.05, 3.63) is 130 Å². The maximum atomic E-state index is 14.6. The summed E-state index contributed by atoms with van der Waals surface area (Å²) in [6.45, 7) is 1.40. The van der Waals surface area contributed by atoms with E-state index in [2.05, 4.69) is 5.32 Å². The van der Waals surface area contributed by atoms with Crippen molar-refractivity contribution in [1.82, 2.24) is 10.2 Å². The number of nitrogens with zero attached hydrogens (tertiary/aromatic N) is 2. The van der Waals surface area contributed by atoms with Gasteiger partial charge in [-0.2, -0.15) is 0 Å². The van der Waals surface area contributed by atoms with E-state index in [1.165, 1.54) is 35.2 Å². The molecule has 0 bridgehead atoms. The van der Waals surface area contributed by atoms with Crippen LogP contribution in [0.4, 0.5) is 5.69 Å². The van der Waals surface area contributed by atoms with Crippen LogP contribution in [-0.2, 0) is 32.6 Å². The number of rotatable bonds is 12. The van der Waals surface area contributed by atoms with Gasteiger partial charge in [-0.15, -0.1) is 0 Å². The molecule has 7 nitrogen and oxygen atoms in total. The summed E-state index contributed by atoms with van der Waals surface area (Å²) in [6.07, 6.45) is 4.11. The van der Waals surface area contributed by atoms with Crippen LogP contribution < -0.4 is 9.62 Å². The van der Waals surface area contributed by atoms with Crippen LogP contribution in [0.25, 0.3) is 0 Å². The molecular weight excluding hydrogens is 641 g/mol. The summed E-state index contributed by atoms with van der Waals surface area (Å²) in [4.78, 5) is 30.1. The first-order chi connectivity index (χ1) is 22.1. The van der Waals surface area contributed by atoms with Crippen molar-refractivity contribution in [2.45, 2.75) is 62.6 Å². The van der Waals surface area contributed by atoms with Crippen molar-refractivity contribution in [2.24, 2.45) is 0 Å². The van der Waals surface area contributed by atoms with E-state index >= 15 is 0 Å². The van der Waals surface area contributed by atoms with Crippen molar-refractivity contribution in [2.75, 3.05) is 10.8 Å². The lowest BCUT2D eigenvalue weighted by molar-refractivity contribution is -0.140. The number of amides is 2. The smallest absolute Gasteiger partial charge is 0.264 e. The van der Waals surface area contributed by atoms with Gasteiger partial charge >= 0.3 is 0 Å². The predicted octanol–water partition coefficient (Wildman–Crippen LogP) is 7.20. The van der Waals surface area contributed by atoms with Crippen LogP contribution in [0.3, 0.4) is 0 Å². The van der Waals surface area contributed by atoms with Gasteiger partial charge in [0.05, 0.1) is 20.6 Å². The quantitative estimate of drug-likeness (QED) is 0.172. The molecule has 10 heteroatoms. The van der Waals surface area contributed by atoms with Crippen LogP contribution in [0.1, 0.15) is 42.4 Å². The third-order valence-corrected chi connectivity index (χ3v) is 10.8. The van der Waals surface area contributed by atoms with Crippen LogP contribution in [-0.4, -0.2) is 43.8 Å². The number of anilines is 1. The Kier molecular flexibility index (Phi) is 11.0. The molecule has 5 rings (SSSR count). The van der Waals surface area contributed by atoms with Gasteiger partial charge in [0, 0.05) is 19.0 Å². The molecule has 1 N–H and O–H groups in total. The molecule has 1 aliphatic rings. The Hall–Kier alpha value is -3.85. The molecule has 4 aromatic rings. The van der Waals surface area contributed by atoms with Gasteiger partial charge < -0.3 is 10.2 Å². The highest BCUT2D eigenvalue weighted by Gasteiger charge is 2.35. The summed E-state index contributed by atoms with van der Waals surface area (Å²) in [5, 5.41) is 3.58. The van der Waals surface area contributed by atoms with Crippen molar-refractivity contribution >= 4 is 50.7 Å². The number of hydrogen-bond donors (Lipinski definition) is 1. The molecule has 1 fully saturated rings. The summed E-state index contributed by atoms with van der Waals surface area (Å²) in [5.41, 5.74) is 2.76. The van der Waals surface area contributed by atoms with Gasteiger partial charge in [0.15, 0.2) is 0 Å². The molecule has 0 heterocycles. The molecule has 4 aromatic carbocycles. The van der Waals surface area contributed by atoms with E-state index < -0.39 is 28.5 Å². The van der Waals surface area contributed by atoms with Crippen LogP contribution in [0.2, 0.25) is 10.0 Å². The molecule has 0 saturated heterocycles. The minimum atomic E-state index is -4.24. The topological polar surface area (TPSA) is 86.8 Å². The molecule has 0 radical (unpaired) electrons. The summed E-state index contributed by atoms with van der Waals surface area (Å²) < 4.78 is 29.4. The fraction of sp³-hybridized carbons (Fsp3) is 0.278. The molecule has 2 amide bonds. The Balaban J connectivity index is 1.56. The van der Waals surface area contributed by atoms with Crippen molar-refractivity contribution in [3.8, 4) is 0 Å². The van der Waals surface area contributed by atoms with E-state index in [0.717, 1.165) is 46.7 Å². The average Bonchev–Trinajstić information content (AvgIpc) is 3.57. The number of carbonyl (C=O) groups is 2. The Morgan fingerprint density at radius 3 is 2.04 bits per heavy atom. The van der Waals surface area contributed by atoms with Crippen molar-refractivity contribution < 1.29 is 18.0 Å². The number of aryl methyl sites for hydroxylation is 1. The lowest BCUT2D eigenvalue weighted by Crippen LogP contribution is -2.54. The second-order valence-electron chi connectivity index (χ2n) is 11.6. The zero-order valence-corrected chi connectivity index (χ0v) is 27.9. The van der Waals surface area contributed by atoms with Gasteiger partial charge in [0.1, 0.15) is 12.6 Å². The second-order valence-corrected chi connectivity index (χ2v) is 14.3. The van der Waals surface area contributed by atoms with E-state index in [-0.39, 0.29) is 45.5 Å². The minimum absolute atomic E-state index is 0.0198. The first-order valence-electron chi connectivity index (χ1n) is 15.3. The molecule has 0 spiro atoms. The lowest BCUT2D eigenvalue weighted by atomic mass is 10.0. The molecule has 0 aromatic heterocycles. The Morgan fingerprint density at radius 2 is 1.43 bits per heavy atom. The largest absolute Gasteiger partial charge is 0.352 e. The molecule has 1 saturated carbocycles. The van der Waals surface area contributed by atoms with E-state index in [1.54, 1.807) is 12.1 Å². The van der Waals surface area contributed by atoms with Crippen LogP contribution >= 0.6 is 23.2 Å². The maximum Gasteiger partial charge on any atom is 0.264 e. The third kappa shape index (κ3) is 8.29. The molecule has 46 heavy (non-hydrogen) atoms. The number of nitrogens with one attached hydrogen (secondary N) is 1. The molecule has 1 aliphatic carbocycles. The van der Waals surface area contributed by atoms with E-state index in [4.69, 9.17) is 23.2 Å². The van der Waals surface area contributed by atoms with E-state index in [9.17, 15) is 18.0 Å². The number of hydrogen-bond acceptors (Lipinski definition) is 4. The monoisotopic (exact) mass is 677 g/mol. The SMILES string of the molecule is Cc1ccc(S(=O)(=O)N(CC(=O)N(Cc2ccccc2)C(Cc2ccccc2)C(=O)NC2CCCC2)c2ccc(Cl)c(Cl)c2)cc1. The van der Waals surface area contributed by atoms with Gasteiger partial charge in [0.25, 0.3) is 10.0 Å². The Labute approximate surface area is 281 Å². The highest BCUT2D eigenvalue weighted by atomic mass is 35.5. The predicted molar refractivity (Wildman–Crippen MR) is 183 cm³/mol. The van der Waals surface area contributed by atoms with Crippen LogP contribution in [0, 0.1) is 6.92 Å². The Morgan fingerprint density at radius 1 is 0.826 bits per heavy atom. The molecule has 1 atom stereocenters. The molecule has 1 unspecified atom stereocenters. The summed E-state index contributed by atoms with van der Waals surface area (Å²) in [6, 6.07) is 28.9. The minimum Gasteiger partial charge on any atom is -0.352 e. The van der Waals surface area contributed by atoms with E-state index in [1.807, 2.05) is 67.6 Å². The van der Waals surface area contributed by atoms with Gasteiger partial charge in [0.2, 0.25) is 11.8 Å². The normalized spacial score (nSPS) is 14.1. The van der Waals surface area contributed by atoms with Gasteiger partial charge in [-0.1, -0.05) is 114 Å². The van der Waals surface area contributed by atoms with Gasteiger partial charge in [-0.3, -0.25) is 13.9 Å². The van der Waals surface area contributed by atoms with E-state index in [0.29, 0.717) is 0 Å². The highest BCUT2D eigenvalue weighted by Crippen LogP contribution is 2.31. The average molecular weight is 679 g/mol. The summed E-state index contributed by atoms with van der Waals surface area (Å²) in [5.74, 6) is -0.796. The third-order valence-electron chi connectivity index (χ3n) is 8.25. The summed E-state index contributed by atoms with van der Waals surface area (Å²) in [7, 11) is -4.24. The van der Waals surface area contributed by atoms with Gasteiger partial charge in [-0.05, 0) is 61.2 Å². The second kappa shape index (κ2) is 15.2. The standard InChI is InChI=1S/C36H37Cl2N3O4S/c1-26-16-19-31(20-17-26)46(44,45)41(30-18-21-32(37)33(38)23-30)25-35(42)40(24-28-12-6-3-7-13-28)34(22-27-10-4-2-5-11-27)36(43)39-29-14-8-9-15-29/h2-7,10-13,16-21,23,29,34H,8-9,14-15,22,24-25H2,1H3,(H,39,43). The highest BCUT2D eigenvalue weighted by molar-refractivity contribution is 7.92. The van der Waals surface area contributed by atoms with Crippen molar-refractivity contribution in [1.29, 1.82) is 0 Å². The van der Waals surface area contributed by atoms with Gasteiger partial charge in [-0.25, -0.2) is 8.42 Å². The first kappa shape index (κ1) is 33.5. The first-order valence-corrected chi connectivity index (χ1v) is 17.5. The van der Waals surface area contributed by atoms with Crippen molar-refractivity contribution in [3.63, 3.8) is 0 Å². The molecule has 0 aliphatic heterocycles. The zero-order valence-electron chi connectivity index (χ0n) is 25.6. The summed E-state index contributed by atoms with van der Waals surface area (Å²) >= 11 is 12.5. The maximum absolute atomic E-state index is 14.6. The lowest BCUT2D eigenvalue weighted by Gasteiger charge is -2.34. The fourth-order valence-corrected chi connectivity index (χ4v) is 7.41. The fourth-order valence-electron chi connectivity index (χ4n) is 5.71. The number of carbonyl (C=O) groups excluding carboxylic acids is 2. The number of halogens is 2. The number of sulfonamides is 1. The Bertz CT molecular complexity index is 1750. The molecule has 240 valence electrons. The number of benzene rings is 4. The van der Waals surface area contributed by atoms with Crippen LogP contribution in [0.15, 0.2) is 108 Å². The molecular formula is C36H37Cl2N3O4S.